The van der Waals surface area contributed by atoms with Gasteiger partial charge in [-0.3, -0.25) is 4.79 Å². The van der Waals surface area contributed by atoms with E-state index < -0.39 is 11.7 Å². The van der Waals surface area contributed by atoms with Crippen LogP contribution >= 0.6 is 0 Å². The zero-order valence-electron chi connectivity index (χ0n) is 10.3. The Morgan fingerprint density at radius 2 is 2.10 bits per heavy atom. The summed E-state index contributed by atoms with van der Waals surface area (Å²) in [7, 11) is 0. The molecule has 1 heterocycles. The standard InChI is InChI=1S/C14H10FN3O2/c15-13-6-12(4-3-10(13)2-1-5-19)18-14(20)11-7-16-9-17-8-11/h3-4,6-9,19H,5H2,(H,18,20). The van der Waals surface area contributed by atoms with E-state index in [9.17, 15) is 9.18 Å². The van der Waals surface area contributed by atoms with Crippen molar-refractivity contribution in [3.05, 3.63) is 53.9 Å². The Kier molecular flexibility index (Phi) is 4.37. The lowest BCUT2D eigenvalue weighted by molar-refractivity contribution is 0.102. The number of hydrogen-bond acceptors (Lipinski definition) is 4. The van der Waals surface area contributed by atoms with E-state index in [1.165, 1.54) is 30.9 Å². The van der Waals surface area contributed by atoms with Crippen molar-refractivity contribution in [1.82, 2.24) is 9.97 Å². The molecule has 100 valence electrons. The van der Waals surface area contributed by atoms with E-state index in [-0.39, 0.29) is 17.7 Å². The van der Waals surface area contributed by atoms with Gasteiger partial charge in [-0.05, 0) is 18.2 Å². The summed E-state index contributed by atoms with van der Waals surface area (Å²) >= 11 is 0. The number of amides is 1. The first-order valence-electron chi connectivity index (χ1n) is 5.66. The Morgan fingerprint density at radius 1 is 1.35 bits per heavy atom. The van der Waals surface area contributed by atoms with Crippen LogP contribution < -0.4 is 5.32 Å². The summed E-state index contributed by atoms with van der Waals surface area (Å²) < 4.78 is 13.7. The Balaban J connectivity index is 2.15. The Labute approximate surface area is 114 Å². The molecule has 0 aliphatic carbocycles. The minimum atomic E-state index is -0.576. The largest absolute Gasteiger partial charge is 0.384 e. The molecule has 2 N–H and O–H groups in total. The fourth-order valence-electron chi connectivity index (χ4n) is 1.45. The lowest BCUT2D eigenvalue weighted by Crippen LogP contribution is -2.12. The molecular weight excluding hydrogens is 261 g/mol. The minimum Gasteiger partial charge on any atom is -0.384 e. The van der Waals surface area contributed by atoms with Gasteiger partial charge in [0.15, 0.2) is 0 Å². The van der Waals surface area contributed by atoms with Crippen molar-refractivity contribution in [2.45, 2.75) is 0 Å². The predicted octanol–water partition coefficient (Wildman–Crippen LogP) is 1.21. The van der Waals surface area contributed by atoms with Crippen LogP contribution in [0.15, 0.2) is 36.9 Å². The lowest BCUT2D eigenvalue weighted by Gasteiger charge is -2.05. The molecule has 1 aromatic heterocycles. The average Bonchev–Trinajstić information content (AvgIpc) is 2.47. The van der Waals surface area contributed by atoms with E-state index in [2.05, 4.69) is 27.1 Å². The molecule has 0 saturated carbocycles. The summed E-state index contributed by atoms with van der Waals surface area (Å²) in [5, 5.41) is 11.1. The Bertz CT molecular complexity index is 678. The van der Waals surface area contributed by atoms with E-state index in [1.807, 2.05) is 0 Å². The summed E-state index contributed by atoms with van der Waals surface area (Å²) in [5.41, 5.74) is 0.725. The smallest absolute Gasteiger partial charge is 0.258 e. The number of hydrogen-bond donors (Lipinski definition) is 2. The highest BCUT2D eigenvalue weighted by Crippen LogP contribution is 2.14. The molecule has 20 heavy (non-hydrogen) atoms. The quantitative estimate of drug-likeness (QED) is 0.805. The summed E-state index contributed by atoms with van der Waals surface area (Å²) in [4.78, 5) is 19.3. The maximum Gasteiger partial charge on any atom is 0.258 e. The van der Waals surface area contributed by atoms with E-state index >= 15 is 0 Å². The van der Waals surface area contributed by atoms with Crippen LogP contribution in [0.5, 0.6) is 0 Å². The number of halogens is 1. The third-order valence-corrected chi connectivity index (χ3v) is 2.35. The first-order chi connectivity index (χ1) is 9.70. The van der Waals surface area contributed by atoms with Crippen molar-refractivity contribution in [1.29, 1.82) is 0 Å². The van der Waals surface area contributed by atoms with Gasteiger partial charge in [0.1, 0.15) is 18.8 Å². The van der Waals surface area contributed by atoms with E-state index in [0.29, 0.717) is 5.69 Å². The third-order valence-electron chi connectivity index (χ3n) is 2.35. The van der Waals surface area contributed by atoms with Crippen LogP contribution in [0.1, 0.15) is 15.9 Å². The molecule has 2 rings (SSSR count). The van der Waals surface area contributed by atoms with Gasteiger partial charge in [-0.25, -0.2) is 14.4 Å². The molecule has 0 aliphatic rings. The predicted molar refractivity (Wildman–Crippen MR) is 70.3 cm³/mol. The molecule has 1 aromatic carbocycles. The van der Waals surface area contributed by atoms with Crippen LogP contribution in [0.3, 0.4) is 0 Å². The summed E-state index contributed by atoms with van der Waals surface area (Å²) in [6, 6.07) is 4.10. The van der Waals surface area contributed by atoms with Crippen molar-refractivity contribution in [2.75, 3.05) is 11.9 Å². The molecule has 0 fully saturated rings. The molecular formula is C14H10FN3O2. The Morgan fingerprint density at radius 3 is 2.75 bits per heavy atom. The van der Waals surface area contributed by atoms with Crippen LogP contribution in [0, 0.1) is 17.7 Å². The van der Waals surface area contributed by atoms with Crippen LogP contribution in [-0.4, -0.2) is 27.6 Å². The Hall–Kier alpha value is -2.78. The van der Waals surface area contributed by atoms with Gasteiger partial charge in [0, 0.05) is 18.1 Å². The van der Waals surface area contributed by atoms with Crippen LogP contribution in [0.4, 0.5) is 10.1 Å². The first kappa shape index (κ1) is 13.6. The first-order valence-corrected chi connectivity index (χ1v) is 5.66. The number of aromatic nitrogens is 2. The molecule has 2 aromatic rings. The lowest BCUT2D eigenvalue weighted by atomic mass is 10.2. The van der Waals surface area contributed by atoms with Crippen LogP contribution in [0.25, 0.3) is 0 Å². The molecule has 0 unspecified atom stereocenters. The van der Waals surface area contributed by atoms with Gasteiger partial charge < -0.3 is 10.4 Å². The normalized spacial score (nSPS) is 9.50. The van der Waals surface area contributed by atoms with Gasteiger partial charge >= 0.3 is 0 Å². The average molecular weight is 271 g/mol. The maximum absolute atomic E-state index is 13.7. The number of nitrogens with zero attached hydrogens (tertiary/aromatic N) is 2. The highest BCUT2D eigenvalue weighted by atomic mass is 19.1. The highest BCUT2D eigenvalue weighted by Gasteiger charge is 2.08. The van der Waals surface area contributed by atoms with Crippen molar-refractivity contribution >= 4 is 11.6 Å². The molecule has 0 bridgehead atoms. The molecule has 0 atom stereocenters. The van der Waals surface area contributed by atoms with Gasteiger partial charge in [-0.15, -0.1) is 0 Å². The van der Waals surface area contributed by atoms with Gasteiger partial charge in [0.25, 0.3) is 5.91 Å². The number of nitrogens with one attached hydrogen (secondary N) is 1. The monoisotopic (exact) mass is 271 g/mol. The number of carbonyl (C=O) groups excluding carboxylic acids is 1. The zero-order chi connectivity index (χ0) is 14.4. The van der Waals surface area contributed by atoms with Gasteiger partial charge in [-0.2, -0.15) is 0 Å². The maximum atomic E-state index is 13.7. The zero-order valence-corrected chi connectivity index (χ0v) is 10.3. The fraction of sp³-hybridized carbons (Fsp3) is 0.0714. The number of anilines is 1. The summed E-state index contributed by atoms with van der Waals surface area (Å²) in [6.45, 7) is -0.341. The number of carbonyl (C=O) groups is 1. The highest BCUT2D eigenvalue weighted by molar-refractivity contribution is 6.03. The van der Waals surface area contributed by atoms with E-state index in [4.69, 9.17) is 5.11 Å². The molecule has 1 amide bonds. The van der Waals surface area contributed by atoms with Crippen molar-refractivity contribution in [3.63, 3.8) is 0 Å². The van der Waals surface area contributed by atoms with Gasteiger partial charge in [-0.1, -0.05) is 11.8 Å². The molecule has 5 nitrogen and oxygen atoms in total. The third kappa shape index (κ3) is 3.37. The molecule has 0 radical (unpaired) electrons. The van der Waals surface area contributed by atoms with Crippen molar-refractivity contribution in [3.8, 4) is 11.8 Å². The van der Waals surface area contributed by atoms with Crippen molar-refractivity contribution < 1.29 is 14.3 Å². The molecule has 6 heteroatoms. The summed E-state index contributed by atoms with van der Waals surface area (Å²) in [6.07, 6.45) is 4.03. The van der Waals surface area contributed by atoms with E-state index in [0.717, 1.165) is 6.07 Å². The van der Waals surface area contributed by atoms with Gasteiger partial charge in [0.05, 0.1) is 11.1 Å². The van der Waals surface area contributed by atoms with Crippen molar-refractivity contribution in [2.24, 2.45) is 0 Å². The minimum absolute atomic E-state index is 0.153. The molecule has 0 spiro atoms. The number of benzene rings is 1. The SMILES string of the molecule is O=C(Nc1ccc(C#CCO)c(F)c1)c1cncnc1. The number of aliphatic hydroxyl groups excluding tert-OH is 1. The second-order valence-electron chi connectivity index (χ2n) is 3.74. The molecule has 0 aliphatic heterocycles. The molecule has 0 saturated heterocycles. The second kappa shape index (κ2) is 6.41. The topological polar surface area (TPSA) is 75.1 Å². The fourth-order valence-corrected chi connectivity index (χ4v) is 1.45. The number of aliphatic hydroxyl groups is 1. The summed E-state index contributed by atoms with van der Waals surface area (Å²) in [5.74, 6) is 3.81. The van der Waals surface area contributed by atoms with Crippen LogP contribution in [-0.2, 0) is 0 Å². The van der Waals surface area contributed by atoms with E-state index in [1.54, 1.807) is 0 Å². The van der Waals surface area contributed by atoms with Gasteiger partial charge in [0.2, 0.25) is 0 Å². The second-order valence-corrected chi connectivity index (χ2v) is 3.74. The van der Waals surface area contributed by atoms with Crippen LogP contribution in [0.2, 0.25) is 0 Å². The number of rotatable bonds is 2.